The van der Waals surface area contributed by atoms with E-state index in [1.807, 2.05) is 0 Å². The van der Waals surface area contributed by atoms with E-state index in [4.69, 9.17) is 12.2 Å². The van der Waals surface area contributed by atoms with E-state index in [1.165, 1.54) is 12.4 Å². The largest absolute Gasteiger partial charge is 0.387 e. The first-order valence-corrected chi connectivity index (χ1v) is 8.06. The second-order valence-electron chi connectivity index (χ2n) is 4.19. The van der Waals surface area contributed by atoms with E-state index in [9.17, 15) is 8.42 Å². The molecule has 0 aliphatic carbocycles. The smallest absolute Gasteiger partial charge is 0.246 e. The maximum atomic E-state index is 11.2. The van der Waals surface area contributed by atoms with Gasteiger partial charge in [-0.3, -0.25) is 4.99 Å². The molecule has 0 unspecified atom stereocenters. The van der Waals surface area contributed by atoms with E-state index in [-0.39, 0.29) is 5.16 Å². The highest BCUT2D eigenvalue weighted by Crippen LogP contribution is 2.01. The molecule has 2 N–H and O–H groups in total. The van der Waals surface area contributed by atoms with Crippen molar-refractivity contribution >= 4 is 15.7 Å². The van der Waals surface area contributed by atoms with Crippen LogP contribution in [0, 0.1) is 24.2 Å². The van der Waals surface area contributed by atoms with E-state index in [2.05, 4.69) is 32.7 Å². The monoisotopic (exact) mass is 304 g/mol. The Morgan fingerprint density at radius 1 is 1.43 bits per heavy atom. The minimum Gasteiger partial charge on any atom is -0.387 e. The maximum Gasteiger partial charge on any atom is 0.246 e. The van der Waals surface area contributed by atoms with Gasteiger partial charge in [0.05, 0.1) is 11.4 Å². The fraction of sp³-hybridized carbons (Fsp3) is 0.357. The number of unbranched alkanes of at least 4 members (excludes halogenated alkanes) is 1. The summed E-state index contributed by atoms with van der Waals surface area (Å²) in [6.45, 7) is 0.293. The van der Waals surface area contributed by atoms with E-state index in [0.29, 0.717) is 30.8 Å². The van der Waals surface area contributed by atoms with Gasteiger partial charge in [0.15, 0.2) is 0 Å². The van der Waals surface area contributed by atoms with Crippen molar-refractivity contribution in [2.45, 2.75) is 24.4 Å². The van der Waals surface area contributed by atoms with Crippen LogP contribution < -0.4 is 5.73 Å². The Kier molecular flexibility index (Phi) is 6.38. The summed E-state index contributed by atoms with van der Waals surface area (Å²) in [5.41, 5.74) is 6.21. The highest BCUT2D eigenvalue weighted by Gasteiger charge is 2.09. The molecule has 7 heteroatoms. The Bertz CT molecular complexity index is 704. The highest BCUT2D eigenvalue weighted by atomic mass is 32.2. The lowest BCUT2D eigenvalue weighted by molar-refractivity contribution is 0.593. The second kappa shape index (κ2) is 8.03. The molecule has 0 saturated carbocycles. The van der Waals surface area contributed by atoms with Crippen molar-refractivity contribution < 1.29 is 8.42 Å². The summed E-state index contributed by atoms with van der Waals surface area (Å²) in [5.74, 6) is 8.71. The molecule has 1 aromatic rings. The zero-order chi connectivity index (χ0) is 15.7. The molecule has 110 valence electrons. The molecule has 0 fully saturated rings. The third-order valence-corrected chi connectivity index (χ3v) is 3.17. The molecule has 1 rings (SSSR count). The van der Waals surface area contributed by atoms with E-state index in [0.717, 1.165) is 12.7 Å². The Morgan fingerprint density at radius 3 is 2.67 bits per heavy atom. The molecule has 0 radical (unpaired) electrons. The molecule has 0 saturated heterocycles. The predicted octanol–water partition coefficient (Wildman–Crippen LogP) is 0.392. The van der Waals surface area contributed by atoms with Crippen LogP contribution in [0.1, 0.15) is 24.8 Å². The highest BCUT2D eigenvalue weighted by molar-refractivity contribution is 7.90. The summed E-state index contributed by atoms with van der Waals surface area (Å²) in [5, 5.41) is -0.203. The lowest BCUT2D eigenvalue weighted by atomic mass is 10.2. The molecule has 1 aromatic heterocycles. The van der Waals surface area contributed by atoms with Gasteiger partial charge in [-0.05, 0) is 6.42 Å². The van der Waals surface area contributed by atoms with Gasteiger partial charge in [-0.15, -0.1) is 6.42 Å². The van der Waals surface area contributed by atoms with Gasteiger partial charge < -0.3 is 5.73 Å². The van der Waals surface area contributed by atoms with E-state index in [1.54, 1.807) is 0 Å². The number of aliphatic imine (C=N–C) groups is 1. The van der Waals surface area contributed by atoms with Crippen molar-refractivity contribution in [2.24, 2.45) is 10.7 Å². The summed E-state index contributed by atoms with van der Waals surface area (Å²) < 4.78 is 22.4. The normalized spacial score (nSPS) is 11.3. The average Bonchev–Trinajstić information content (AvgIpc) is 2.44. The van der Waals surface area contributed by atoms with Crippen LogP contribution in [0.2, 0.25) is 0 Å². The predicted molar refractivity (Wildman–Crippen MR) is 81.2 cm³/mol. The Hall–Kier alpha value is -2.38. The number of terminal acetylenes is 1. The molecule has 0 atom stereocenters. The van der Waals surface area contributed by atoms with Gasteiger partial charge >= 0.3 is 0 Å². The molecule has 0 spiro atoms. The van der Waals surface area contributed by atoms with Crippen molar-refractivity contribution in [1.82, 2.24) is 9.97 Å². The summed E-state index contributed by atoms with van der Waals surface area (Å²) in [6, 6.07) is 0. The van der Waals surface area contributed by atoms with Gasteiger partial charge in [0.1, 0.15) is 6.54 Å². The summed E-state index contributed by atoms with van der Waals surface area (Å²) in [7, 11) is -3.38. The first-order valence-electron chi connectivity index (χ1n) is 6.16. The number of nitrogens with zero attached hydrogens (tertiary/aromatic N) is 3. The minimum absolute atomic E-state index is 0.203. The van der Waals surface area contributed by atoms with Gasteiger partial charge in [0, 0.05) is 31.5 Å². The van der Waals surface area contributed by atoms with Crippen LogP contribution in [0.25, 0.3) is 0 Å². The van der Waals surface area contributed by atoms with Crippen LogP contribution in [0.5, 0.6) is 0 Å². The van der Waals surface area contributed by atoms with Gasteiger partial charge in [-0.1, -0.05) is 17.8 Å². The van der Waals surface area contributed by atoms with E-state index >= 15 is 0 Å². The summed E-state index contributed by atoms with van der Waals surface area (Å²) in [6.07, 6.45) is 11.0. The molecule has 0 amide bonds. The van der Waals surface area contributed by atoms with Crippen LogP contribution in [0.4, 0.5) is 0 Å². The van der Waals surface area contributed by atoms with Crippen LogP contribution in [0.15, 0.2) is 22.5 Å². The maximum absolute atomic E-state index is 11.2. The molecule has 1 heterocycles. The van der Waals surface area contributed by atoms with Crippen molar-refractivity contribution in [1.29, 1.82) is 0 Å². The molecule has 0 bridgehead atoms. The Morgan fingerprint density at radius 2 is 2.10 bits per heavy atom. The zero-order valence-electron chi connectivity index (χ0n) is 11.7. The zero-order valence-corrected chi connectivity index (χ0v) is 12.5. The minimum atomic E-state index is -3.38. The van der Waals surface area contributed by atoms with Crippen molar-refractivity contribution in [2.75, 3.05) is 12.8 Å². The van der Waals surface area contributed by atoms with Crippen LogP contribution in [0.3, 0.4) is 0 Å². The van der Waals surface area contributed by atoms with Crippen molar-refractivity contribution in [3.05, 3.63) is 18.0 Å². The lowest BCUT2D eigenvalue weighted by Crippen LogP contribution is -2.11. The van der Waals surface area contributed by atoms with Crippen LogP contribution in [-0.4, -0.2) is 37.0 Å². The number of hydrogen-bond acceptors (Lipinski definition) is 5. The van der Waals surface area contributed by atoms with Crippen LogP contribution >= 0.6 is 0 Å². The summed E-state index contributed by atoms with van der Waals surface area (Å²) in [4.78, 5) is 11.5. The molecule has 21 heavy (non-hydrogen) atoms. The van der Waals surface area contributed by atoms with Gasteiger partial charge in [-0.2, -0.15) is 0 Å². The van der Waals surface area contributed by atoms with E-state index < -0.39 is 9.84 Å². The average molecular weight is 304 g/mol. The Labute approximate surface area is 124 Å². The number of hydrogen-bond donors (Lipinski definition) is 1. The number of sulfone groups is 1. The molecular weight excluding hydrogens is 288 g/mol. The molecule has 0 aliphatic heterocycles. The number of rotatable bonds is 5. The molecule has 0 aliphatic rings. The van der Waals surface area contributed by atoms with Gasteiger partial charge in [0.2, 0.25) is 15.0 Å². The standard InChI is InChI=1S/C14H16N4O2S/c1-3-9-16-13(15)8-6-4-5-7-12-10-17-14(18-11-12)21(2,19)20/h1,10-11H,4,6,8-9H2,2H3,(H2,15,16). The van der Waals surface area contributed by atoms with Gasteiger partial charge in [0.25, 0.3) is 0 Å². The van der Waals surface area contributed by atoms with Crippen molar-refractivity contribution in [3.8, 4) is 24.2 Å². The molecule has 0 aromatic carbocycles. The SMILES string of the molecule is C#CCN=C(N)CCCC#Cc1cnc(S(C)(=O)=O)nc1. The van der Waals surface area contributed by atoms with Crippen LogP contribution in [-0.2, 0) is 9.84 Å². The fourth-order valence-corrected chi connectivity index (χ4v) is 1.81. The number of nitrogens with two attached hydrogens (primary N) is 1. The first kappa shape index (κ1) is 16.7. The second-order valence-corrected chi connectivity index (χ2v) is 6.10. The van der Waals surface area contributed by atoms with Crippen molar-refractivity contribution in [3.63, 3.8) is 0 Å². The molecule has 6 nitrogen and oxygen atoms in total. The Balaban J connectivity index is 2.48. The topological polar surface area (TPSA) is 98.3 Å². The van der Waals surface area contributed by atoms with Gasteiger partial charge in [-0.25, -0.2) is 18.4 Å². The summed E-state index contributed by atoms with van der Waals surface area (Å²) >= 11 is 0. The number of amidine groups is 1. The lowest BCUT2D eigenvalue weighted by Gasteiger charge is -1.96. The quantitative estimate of drug-likeness (QED) is 0.279. The third-order valence-electron chi connectivity index (χ3n) is 2.30. The molecular formula is C14H16N4O2S. The third kappa shape index (κ3) is 6.55. The number of aromatic nitrogens is 2. The fourth-order valence-electron chi connectivity index (χ4n) is 1.32. The first-order chi connectivity index (χ1) is 9.93.